The van der Waals surface area contributed by atoms with E-state index in [0.29, 0.717) is 19.1 Å². The Morgan fingerprint density at radius 2 is 2.23 bits per heavy atom. The van der Waals surface area contributed by atoms with Gasteiger partial charge in [-0.15, -0.1) is 0 Å². The maximum Gasteiger partial charge on any atom is 0.243 e. The van der Waals surface area contributed by atoms with E-state index in [2.05, 4.69) is 25.7 Å². The zero-order valence-electron chi connectivity index (χ0n) is 8.51. The van der Waals surface area contributed by atoms with E-state index in [9.17, 15) is 4.79 Å². The van der Waals surface area contributed by atoms with Gasteiger partial charge in [0.2, 0.25) is 5.91 Å². The first-order valence-corrected chi connectivity index (χ1v) is 4.64. The van der Waals surface area contributed by atoms with Crippen LogP contribution in [-0.4, -0.2) is 25.7 Å². The normalized spacial score (nSPS) is 10.1. The minimum atomic E-state index is -0.146. The summed E-state index contributed by atoms with van der Waals surface area (Å²) < 4.78 is 5.29. The molecular weight excluding hydrogens is 166 g/mol. The van der Waals surface area contributed by atoms with Crippen LogP contribution in [0.15, 0.2) is 12.7 Å². The van der Waals surface area contributed by atoms with E-state index in [1.54, 1.807) is 0 Å². The van der Waals surface area contributed by atoms with Crippen LogP contribution in [0.5, 0.6) is 0 Å². The van der Waals surface area contributed by atoms with Crippen molar-refractivity contribution in [3.63, 3.8) is 0 Å². The molecule has 0 heterocycles. The molecule has 3 nitrogen and oxygen atoms in total. The number of hydrogen-bond donors (Lipinski definition) is 1. The number of amides is 1. The fraction of sp³-hybridized carbons (Fsp3) is 0.700. The lowest BCUT2D eigenvalue weighted by atomic mass is 10.1. The molecule has 0 atom stereocenters. The van der Waals surface area contributed by atoms with Crippen LogP contribution in [0.25, 0.3) is 0 Å². The molecule has 0 aromatic heterocycles. The molecule has 0 aromatic rings. The Hall–Kier alpha value is -0.830. The van der Waals surface area contributed by atoms with Crippen molar-refractivity contribution in [2.75, 3.05) is 19.8 Å². The van der Waals surface area contributed by atoms with E-state index in [1.165, 1.54) is 6.08 Å². The van der Waals surface area contributed by atoms with Crippen molar-refractivity contribution in [3.05, 3.63) is 12.7 Å². The van der Waals surface area contributed by atoms with E-state index in [1.807, 2.05) is 0 Å². The minimum Gasteiger partial charge on any atom is -0.380 e. The van der Waals surface area contributed by atoms with Crippen LogP contribution in [0.3, 0.4) is 0 Å². The molecule has 0 radical (unpaired) electrons. The third kappa shape index (κ3) is 9.08. The molecule has 0 rings (SSSR count). The molecule has 1 N–H and O–H groups in total. The van der Waals surface area contributed by atoms with Crippen molar-refractivity contribution in [2.24, 2.45) is 5.92 Å². The molecule has 0 bridgehead atoms. The lowest BCUT2D eigenvalue weighted by Crippen LogP contribution is -2.25. The highest BCUT2D eigenvalue weighted by Gasteiger charge is 1.95. The van der Waals surface area contributed by atoms with E-state index in [0.717, 1.165) is 13.0 Å². The van der Waals surface area contributed by atoms with Gasteiger partial charge in [0.05, 0.1) is 6.61 Å². The Morgan fingerprint density at radius 3 is 2.77 bits per heavy atom. The number of carbonyl (C=O) groups excluding carboxylic acids is 1. The second-order valence-electron chi connectivity index (χ2n) is 3.29. The first-order chi connectivity index (χ1) is 6.16. The summed E-state index contributed by atoms with van der Waals surface area (Å²) >= 11 is 0. The number of rotatable bonds is 7. The van der Waals surface area contributed by atoms with Crippen molar-refractivity contribution in [3.8, 4) is 0 Å². The number of nitrogens with one attached hydrogen (secondary N) is 1. The summed E-state index contributed by atoms with van der Waals surface area (Å²) in [7, 11) is 0. The van der Waals surface area contributed by atoms with Crippen LogP contribution in [0.1, 0.15) is 20.3 Å². The fourth-order valence-corrected chi connectivity index (χ4v) is 0.740. The lowest BCUT2D eigenvalue weighted by Gasteiger charge is -2.06. The maximum atomic E-state index is 10.7. The zero-order valence-corrected chi connectivity index (χ0v) is 8.51. The summed E-state index contributed by atoms with van der Waals surface area (Å²) in [6.45, 7) is 9.56. The summed E-state index contributed by atoms with van der Waals surface area (Å²) in [6.07, 6.45) is 2.32. The van der Waals surface area contributed by atoms with Crippen LogP contribution < -0.4 is 5.32 Å². The van der Waals surface area contributed by atoms with Crippen molar-refractivity contribution in [2.45, 2.75) is 20.3 Å². The third-order valence-electron chi connectivity index (χ3n) is 1.57. The van der Waals surface area contributed by atoms with Gasteiger partial charge in [-0.25, -0.2) is 0 Å². The number of hydrogen-bond acceptors (Lipinski definition) is 2. The molecule has 3 heteroatoms. The molecule has 76 valence electrons. The van der Waals surface area contributed by atoms with E-state index >= 15 is 0 Å². The third-order valence-corrected chi connectivity index (χ3v) is 1.57. The first kappa shape index (κ1) is 12.2. The quantitative estimate of drug-likeness (QED) is 0.480. The molecule has 0 aliphatic heterocycles. The number of carbonyl (C=O) groups is 1. The summed E-state index contributed by atoms with van der Waals surface area (Å²) in [6, 6.07) is 0. The van der Waals surface area contributed by atoms with Gasteiger partial charge < -0.3 is 10.1 Å². The maximum absolute atomic E-state index is 10.7. The molecule has 1 amide bonds. The van der Waals surface area contributed by atoms with Crippen LogP contribution >= 0.6 is 0 Å². The second kappa shape index (κ2) is 7.80. The van der Waals surface area contributed by atoms with Crippen molar-refractivity contribution >= 4 is 5.91 Å². The van der Waals surface area contributed by atoms with Gasteiger partial charge in [0, 0.05) is 13.2 Å². The molecule has 0 spiro atoms. The fourth-order valence-electron chi connectivity index (χ4n) is 0.740. The molecule has 0 unspecified atom stereocenters. The summed E-state index contributed by atoms with van der Waals surface area (Å²) in [4.78, 5) is 10.7. The Morgan fingerprint density at radius 1 is 1.54 bits per heavy atom. The van der Waals surface area contributed by atoms with Gasteiger partial charge in [0.1, 0.15) is 0 Å². The Bertz CT molecular complexity index is 155. The van der Waals surface area contributed by atoms with Crippen molar-refractivity contribution < 1.29 is 9.53 Å². The van der Waals surface area contributed by atoms with Crippen LogP contribution in [0.4, 0.5) is 0 Å². The molecule has 0 aromatic carbocycles. The number of ether oxygens (including phenoxy) is 1. The minimum absolute atomic E-state index is 0.146. The average Bonchev–Trinajstić information content (AvgIpc) is 2.10. The summed E-state index contributed by atoms with van der Waals surface area (Å²) in [5.41, 5.74) is 0. The van der Waals surface area contributed by atoms with Gasteiger partial charge in [-0.2, -0.15) is 0 Å². The predicted octanol–water partition coefficient (Wildman–Crippen LogP) is 1.35. The Kier molecular flexibility index (Phi) is 7.30. The topological polar surface area (TPSA) is 38.3 Å². The average molecular weight is 185 g/mol. The molecular formula is C10H19NO2. The van der Waals surface area contributed by atoms with Crippen LogP contribution in [0.2, 0.25) is 0 Å². The van der Waals surface area contributed by atoms with Crippen molar-refractivity contribution in [1.82, 2.24) is 5.32 Å². The Labute approximate surface area is 80.2 Å². The monoisotopic (exact) mass is 185 g/mol. The van der Waals surface area contributed by atoms with Gasteiger partial charge in [0.25, 0.3) is 0 Å². The smallest absolute Gasteiger partial charge is 0.243 e. The van der Waals surface area contributed by atoms with Gasteiger partial charge in [0.15, 0.2) is 0 Å². The largest absolute Gasteiger partial charge is 0.380 e. The van der Waals surface area contributed by atoms with Gasteiger partial charge in [-0.3, -0.25) is 4.79 Å². The summed E-state index contributed by atoms with van der Waals surface area (Å²) in [5, 5.41) is 2.64. The van der Waals surface area contributed by atoms with E-state index in [-0.39, 0.29) is 5.91 Å². The van der Waals surface area contributed by atoms with Gasteiger partial charge in [-0.1, -0.05) is 20.4 Å². The first-order valence-electron chi connectivity index (χ1n) is 4.64. The van der Waals surface area contributed by atoms with E-state index in [4.69, 9.17) is 4.74 Å². The van der Waals surface area contributed by atoms with Gasteiger partial charge in [-0.05, 0) is 18.4 Å². The van der Waals surface area contributed by atoms with Crippen LogP contribution in [0, 0.1) is 5.92 Å². The molecule has 0 aliphatic carbocycles. The molecule has 0 saturated heterocycles. The van der Waals surface area contributed by atoms with E-state index < -0.39 is 0 Å². The molecule has 0 fully saturated rings. The second-order valence-corrected chi connectivity index (χ2v) is 3.29. The highest BCUT2D eigenvalue weighted by Crippen LogP contribution is 1.97. The van der Waals surface area contributed by atoms with Crippen LogP contribution in [-0.2, 0) is 9.53 Å². The Balaban J connectivity index is 3.08. The molecule has 0 aliphatic rings. The summed E-state index contributed by atoms with van der Waals surface area (Å²) in [5.74, 6) is 0.523. The lowest BCUT2D eigenvalue weighted by molar-refractivity contribution is -0.116. The predicted molar refractivity (Wildman–Crippen MR) is 53.5 cm³/mol. The van der Waals surface area contributed by atoms with Gasteiger partial charge >= 0.3 is 0 Å². The molecule has 0 saturated carbocycles. The molecule has 13 heavy (non-hydrogen) atoms. The zero-order chi connectivity index (χ0) is 10.1. The highest BCUT2D eigenvalue weighted by atomic mass is 16.5. The standard InChI is InChI=1S/C10H19NO2/c1-4-10(12)11-6-8-13-7-5-9(2)3/h4,9H,1,5-8H2,2-3H3,(H,11,12). The SMILES string of the molecule is C=CC(=O)NCCOCCC(C)C. The highest BCUT2D eigenvalue weighted by molar-refractivity contribution is 5.86. The van der Waals surface area contributed by atoms with Crippen molar-refractivity contribution in [1.29, 1.82) is 0 Å².